The molecule has 0 radical (unpaired) electrons. The van der Waals surface area contributed by atoms with Gasteiger partial charge in [-0.05, 0) is 50.7 Å². The average Bonchev–Trinajstić information content (AvgIpc) is 3.48. The molecule has 7 nitrogen and oxygen atoms in total. The summed E-state index contributed by atoms with van der Waals surface area (Å²) in [7, 11) is 3.77. The predicted octanol–water partition coefficient (Wildman–Crippen LogP) is 6.49. The zero-order valence-corrected chi connectivity index (χ0v) is 21.0. The van der Waals surface area contributed by atoms with E-state index in [1.165, 1.54) is 12.7 Å². The van der Waals surface area contributed by atoms with Crippen LogP contribution in [0.25, 0.3) is 10.9 Å². The van der Waals surface area contributed by atoms with Crippen molar-refractivity contribution >= 4 is 56.9 Å². The largest absolute Gasteiger partial charge is 0.493 e. The van der Waals surface area contributed by atoms with E-state index in [1.807, 2.05) is 18.2 Å². The summed E-state index contributed by atoms with van der Waals surface area (Å²) >= 11 is 13.9. The topological polar surface area (TPSA) is 72.4 Å². The number of hydrogen-bond donors (Lipinski definition) is 1. The Labute approximate surface area is 211 Å². The molecule has 0 amide bonds. The Morgan fingerprint density at radius 1 is 1.15 bits per heavy atom. The minimum absolute atomic E-state index is 0.355. The predicted molar refractivity (Wildman–Crippen MR) is 137 cm³/mol. The summed E-state index contributed by atoms with van der Waals surface area (Å²) in [6.07, 6.45) is 3.87. The monoisotopic (exact) mass is 515 g/mol. The molecule has 4 aromatic rings. The molecule has 3 heterocycles. The number of ether oxygens (including phenoxy) is 2. The van der Waals surface area contributed by atoms with Crippen molar-refractivity contribution in [2.45, 2.75) is 25.5 Å². The molecule has 1 saturated heterocycles. The van der Waals surface area contributed by atoms with Crippen LogP contribution in [0.5, 0.6) is 11.5 Å². The van der Waals surface area contributed by atoms with Gasteiger partial charge in [-0.1, -0.05) is 23.2 Å². The van der Waals surface area contributed by atoms with E-state index in [1.54, 1.807) is 30.6 Å². The summed E-state index contributed by atoms with van der Waals surface area (Å²) < 4.78 is 11.7. The average molecular weight is 516 g/mol. The smallest absolute Gasteiger partial charge is 0.163 e. The summed E-state index contributed by atoms with van der Waals surface area (Å²) in [5.41, 5.74) is 2.40. The number of halogens is 2. The van der Waals surface area contributed by atoms with Crippen LogP contribution in [0.3, 0.4) is 0 Å². The highest BCUT2D eigenvalue weighted by Crippen LogP contribution is 2.36. The fourth-order valence-corrected chi connectivity index (χ4v) is 5.36. The lowest BCUT2D eigenvalue weighted by atomic mass is 10.2. The summed E-state index contributed by atoms with van der Waals surface area (Å²) in [6, 6.07) is 9.45. The molecule has 1 aliphatic heterocycles. The van der Waals surface area contributed by atoms with Crippen LogP contribution >= 0.6 is 34.5 Å². The van der Waals surface area contributed by atoms with E-state index in [2.05, 4.69) is 32.6 Å². The molecule has 1 N–H and O–H groups in total. The third-order valence-corrected chi connectivity index (χ3v) is 7.59. The van der Waals surface area contributed by atoms with E-state index < -0.39 is 0 Å². The molecule has 1 atom stereocenters. The summed E-state index contributed by atoms with van der Waals surface area (Å²) in [5.74, 6) is 1.81. The normalized spacial score (nSPS) is 16.2. The second kappa shape index (κ2) is 9.92. The molecule has 10 heteroatoms. The maximum Gasteiger partial charge on any atom is 0.163 e. The second-order valence-corrected chi connectivity index (χ2v) is 9.80. The minimum Gasteiger partial charge on any atom is -0.493 e. The number of anilines is 2. The molecule has 2 aromatic heterocycles. The molecule has 1 unspecified atom stereocenters. The Bertz CT molecular complexity index is 1330. The Hall–Kier alpha value is -2.65. The van der Waals surface area contributed by atoms with Gasteiger partial charge in [-0.3, -0.25) is 4.90 Å². The van der Waals surface area contributed by atoms with Crippen LogP contribution in [0.15, 0.2) is 42.0 Å². The van der Waals surface area contributed by atoms with Gasteiger partial charge in [-0.25, -0.2) is 15.0 Å². The van der Waals surface area contributed by atoms with Crippen molar-refractivity contribution in [3.05, 3.63) is 62.8 Å². The SMILES string of the molecule is COc1cc2c(Nc3ccc(Cl)c(Cl)c3)ncnc2cc1OCc1csc(C2CCCN2C)n1. The van der Waals surface area contributed by atoms with Crippen molar-refractivity contribution < 1.29 is 9.47 Å². The molecule has 2 aromatic carbocycles. The van der Waals surface area contributed by atoms with E-state index in [-0.39, 0.29) is 0 Å². The molecule has 176 valence electrons. The lowest BCUT2D eigenvalue weighted by Gasteiger charge is -2.16. The van der Waals surface area contributed by atoms with Gasteiger partial charge in [-0.15, -0.1) is 11.3 Å². The van der Waals surface area contributed by atoms with Crippen molar-refractivity contribution in [3.8, 4) is 11.5 Å². The number of nitrogens with zero attached hydrogens (tertiary/aromatic N) is 4. The first-order chi connectivity index (χ1) is 16.5. The fraction of sp³-hybridized carbons (Fsp3) is 0.292. The number of fused-ring (bicyclic) bond motifs is 1. The van der Waals surface area contributed by atoms with E-state index in [4.69, 9.17) is 37.7 Å². The van der Waals surface area contributed by atoms with Gasteiger partial charge in [0.25, 0.3) is 0 Å². The Morgan fingerprint density at radius 3 is 2.79 bits per heavy atom. The quantitative estimate of drug-likeness (QED) is 0.301. The van der Waals surface area contributed by atoms with E-state index in [9.17, 15) is 0 Å². The van der Waals surface area contributed by atoms with Gasteiger partial charge in [0, 0.05) is 22.5 Å². The molecule has 1 fully saturated rings. The summed E-state index contributed by atoms with van der Waals surface area (Å²) in [4.78, 5) is 16.0. The van der Waals surface area contributed by atoms with Gasteiger partial charge in [0.2, 0.25) is 0 Å². The first-order valence-electron chi connectivity index (χ1n) is 10.8. The van der Waals surface area contributed by atoms with Crippen molar-refractivity contribution in [1.82, 2.24) is 19.9 Å². The number of nitrogens with one attached hydrogen (secondary N) is 1. The van der Waals surface area contributed by atoms with E-state index in [0.717, 1.165) is 40.3 Å². The zero-order chi connectivity index (χ0) is 23.7. The van der Waals surface area contributed by atoms with Crippen LogP contribution in [0.4, 0.5) is 11.5 Å². The molecule has 5 rings (SSSR count). The standard InChI is InChI=1S/C24H23Cl2N5O2S/c1-31-7-3-4-20(31)24-30-15(12-34-24)11-33-22-10-19-16(9-21(22)32-2)23(28-13-27-19)29-14-5-6-17(25)18(26)8-14/h5-6,8-10,12-13,20H,3-4,7,11H2,1-2H3,(H,27,28,29). The Kier molecular flexibility index (Phi) is 6.74. The van der Waals surface area contributed by atoms with Crippen LogP contribution in [-0.2, 0) is 6.61 Å². The van der Waals surface area contributed by atoms with Gasteiger partial charge >= 0.3 is 0 Å². The number of likely N-dealkylation sites (tertiary alicyclic amines) is 1. The molecule has 0 bridgehead atoms. The van der Waals surface area contributed by atoms with Crippen molar-refractivity contribution in [1.29, 1.82) is 0 Å². The number of rotatable bonds is 7. The van der Waals surface area contributed by atoms with E-state index in [0.29, 0.717) is 40.0 Å². The number of methoxy groups -OCH3 is 1. The number of benzene rings is 2. The fourth-order valence-electron chi connectivity index (χ4n) is 4.06. The minimum atomic E-state index is 0.355. The van der Waals surface area contributed by atoms with Gasteiger partial charge in [0.05, 0.1) is 34.4 Å². The molecule has 34 heavy (non-hydrogen) atoms. The molecular weight excluding hydrogens is 493 g/mol. The van der Waals surface area contributed by atoms with Crippen molar-refractivity contribution in [2.75, 3.05) is 26.0 Å². The van der Waals surface area contributed by atoms with Crippen LogP contribution in [-0.4, -0.2) is 40.6 Å². The Balaban J connectivity index is 1.37. The van der Waals surface area contributed by atoms with Crippen molar-refractivity contribution in [2.24, 2.45) is 0 Å². The number of thiazole rings is 1. The zero-order valence-electron chi connectivity index (χ0n) is 18.7. The van der Waals surface area contributed by atoms with Crippen LogP contribution in [0.2, 0.25) is 10.0 Å². The first-order valence-corrected chi connectivity index (χ1v) is 12.5. The number of aromatic nitrogens is 3. The first kappa shape index (κ1) is 23.1. The van der Waals surface area contributed by atoms with Gasteiger partial charge < -0.3 is 14.8 Å². The third kappa shape index (κ3) is 4.77. The van der Waals surface area contributed by atoms with Crippen LogP contribution in [0, 0.1) is 0 Å². The highest BCUT2D eigenvalue weighted by atomic mass is 35.5. The van der Waals surface area contributed by atoms with Crippen molar-refractivity contribution in [3.63, 3.8) is 0 Å². The molecule has 0 spiro atoms. The maximum absolute atomic E-state index is 6.15. The molecule has 1 aliphatic rings. The second-order valence-electron chi connectivity index (χ2n) is 8.10. The molecule has 0 aliphatic carbocycles. The summed E-state index contributed by atoms with van der Waals surface area (Å²) in [6.45, 7) is 1.47. The Morgan fingerprint density at radius 2 is 2.03 bits per heavy atom. The van der Waals surface area contributed by atoms with Gasteiger partial charge in [0.15, 0.2) is 11.5 Å². The van der Waals surface area contributed by atoms with E-state index >= 15 is 0 Å². The highest BCUT2D eigenvalue weighted by molar-refractivity contribution is 7.09. The third-order valence-electron chi connectivity index (χ3n) is 5.85. The van der Waals surface area contributed by atoms with Gasteiger partial charge in [-0.2, -0.15) is 0 Å². The lowest BCUT2D eigenvalue weighted by Crippen LogP contribution is -2.17. The molecule has 0 saturated carbocycles. The van der Waals surface area contributed by atoms with Crippen LogP contribution < -0.4 is 14.8 Å². The number of hydrogen-bond acceptors (Lipinski definition) is 8. The molecular formula is C24H23Cl2N5O2S. The van der Waals surface area contributed by atoms with Crippen LogP contribution in [0.1, 0.15) is 29.6 Å². The lowest BCUT2D eigenvalue weighted by molar-refractivity contribution is 0.280. The van der Waals surface area contributed by atoms with Gasteiger partial charge in [0.1, 0.15) is 23.8 Å². The summed E-state index contributed by atoms with van der Waals surface area (Å²) in [5, 5.41) is 8.23. The maximum atomic E-state index is 6.15. The highest BCUT2D eigenvalue weighted by Gasteiger charge is 2.25.